The molecule has 0 radical (unpaired) electrons. The minimum absolute atomic E-state index is 0.0429. The summed E-state index contributed by atoms with van der Waals surface area (Å²) in [6.07, 6.45) is 2.49. The van der Waals surface area contributed by atoms with E-state index in [-0.39, 0.29) is 17.4 Å². The average Bonchev–Trinajstić information content (AvgIpc) is 2.67. The van der Waals surface area contributed by atoms with Gasteiger partial charge in [0, 0.05) is 6.04 Å². The molecular weight excluding hydrogens is 188 g/mol. The molecule has 1 amide bonds. The third-order valence-electron chi connectivity index (χ3n) is 3.86. The molecule has 0 heterocycles. The highest BCUT2D eigenvalue weighted by molar-refractivity contribution is 5.87. The second kappa shape index (κ2) is 2.98. The van der Waals surface area contributed by atoms with Gasteiger partial charge in [-0.2, -0.15) is 5.26 Å². The minimum atomic E-state index is -0.710. The van der Waals surface area contributed by atoms with E-state index in [9.17, 15) is 4.79 Å². The molecule has 0 bridgehead atoms. The number of nitrogens with zero attached hydrogens (tertiary/aromatic N) is 1. The van der Waals surface area contributed by atoms with Crippen LogP contribution < -0.4 is 5.32 Å². The Balaban J connectivity index is 1.94. The van der Waals surface area contributed by atoms with Crippen LogP contribution in [0.2, 0.25) is 0 Å². The topological polar surface area (TPSA) is 52.9 Å². The van der Waals surface area contributed by atoms with E-state index < -0.39 is 5.41 Å². The van der Waals surface area contributed by atoms with E-state index >= 15 is 0 Å². The van der Waals surface area contributed by atoms with Gasteiger partial charge >= 0.3 is 0 Å². The van der Waals surface area contributed by atoms with Gasteiger partial charge in [-0.15, -0.1) is 0 Å². The van der Waals surface area contributed by atoms with Crippen LogP contribution in [-0.2, 0) is 4.79 Å². The fraction of sp³-hybridized carbons (Fsp3) is 0.833. The maximum atomic E-state index is 11.9. The zero-order valence-electron chi connectivity index (χ0n) is 9.63. The summed E-state index contributed by atoms with van der Waals surface area (Å²) in [7, 11) is 0. The van der Waals surface area contributed by atoms with Crippen LogP contribution in [0.1, 0.15) is 40.0 Å². The number of amides is 1. The summed E-state index contributed by atoms with van der Waals surface area (Å²) in [4.78, 5) is 11.9. The van der Waals surface area contributed by atoms with Crippen LogP contribution >= 0.6 is 0 Å². The van der Waals surface area contributed by atoms with Gasteiger partial charge in [0.25, 0.3) is 0 Å². The summed E-state index contributed by atoms with van der Waals surface area (Å²) in [5, 5.41) is 12.1. The summed E-state index contributed by atoms with van der Waals surface area (Å²) in [6.45, 7) is 6.37. The summed E-state index contributed by atoms with van der Waals surface area (Å²) >= 11 is 0. The minimum Gasteiger partial charge on any atom is -0.351 e. The Labute approximate surface area is 90.8 Å². The highest BCUT2D eigenvalue weighted by atomic mass is 16.2. The number of carbonyl (C=O) groups is 1. The van der Waals surface area contributed by atoms with Gasteiger partial charge < -0.3 is 5.32 Å². The molecule has 15 heavy (non-hydrogen) atoms. The van der Waals surface area contributed by atoms with Crippen LogP contribution in [0.25, 0.3) is 0 Å². The van der Waals surface area contributed by atoms with E-state index in [0.29, 0.717) is 5.92 Å². The van der Waals surface area contributed by atoms with E-state index in [0.717, 1.165) is 19.3 Å². The predicted octanol–water partition coefficient (Wildman–Crippen LogP) is 1.84. The van der Waals surface area contributed by atoms with Gasteiger partial charge in [-0.3, -0.25) is 4.79 Å². The molecule has 3 heteroatoms. The lowest BCUT2D eigenvalue weighted by Crippen LogP contribution is -2.49. The first kappa shape index (κ1) is 10.5. The van der Waals surface area contributed by atoms with Crippen LogP contribution in [-0.4, -0.2) is 11.9 Å². The van der Waals surface area contributed by atoms with E-state index in [2.05, 4.69) is 32.2 Å². The quantitative estimate of drug-likeness (QED) is 0.749. The van der Waals surface area contributed by atoms with Gasteiger partial charge in [0.1, 0.15) is 5.41 Å². The molecule has 0 aliphatic heterocycles. The lowest BCUT2D eigenvalue weighted by atomic mass is 9.63. The molecule has 0 aromatic carbocycles. The van der Waals surface area contributed by atoms with Crippen molar-refractivity contribution in [1.29, 1.82) is 5.26 Å². The molecule has 2 saturated carbocycles. The molecule has 0 aromatic heterocycles. The molecule has 2 rings (SSSR count). The summed E-state index contributed by atoms with van der Waals surface area (Å²) < 4.78 is 0. The Hall–Kier alpha value is -1.04. The Bertz CT molecular complexity index is 334. The van der Waals surface area contributed by atoms with Crippen molar-refractivity contribution < 1.29 is 4.79 Å². The molecule has 2 fully saturated rings. The van der Waals surface area contributed by atoms with Gasteiger partial charge in [-0.25, -0.2) is 0 Å². The van der Waals surface area contributed by atoms with Crippen LogP contribution in [0.5, 0.6) is 0 Å². The molecule has 1 unspecified atom stereocenters. The van der Waals surface area contributed by atoms with Crippen LogP contribution in [0.3, 0.4) is 0 Å². The number of carbonyl (C=O) groups excluding carboxylic acids is 1. The predicted molar refractivity (Wildman–Crippen MR) is 56.8 cm³/mol. The molecule has 1 N–H and O–H groups in total. The number of rotatable bonds is 2. The second-order valence-corrected chi connectivity index (χ2v) is 5.93. The van der Waals surface area contributed by atoms with Gasteiger partial charge in [0.15, 0.2) is 0 Å². The maximum absolute atomic E-state index is 11.9. The molecule has 0 spiro atoms. The van der Waals surface area contributed by atoms with Crippen molar-refractivity contribution in [3.05, 3.63) is 0 Å². The monoisotopic (exact) mass is 206 g/mol. The van der Waals surface area contributed by atoms with Crippen molar-refractivity contribution in [3.63, 3.8) is 0 Å². The number of nitriles is 1. The fourth-order valence-electron chi connectivity index (χ4n) is 2.47. The smallest absolute Gasteiger partial charge is 0.240 e. The lowest BCUT2D eigenvalue weighted by molar-refractivity contribution is -0.134. The molecule has 3 nitrogen and oxygen atoms in total. The van der Waals surface area contributed by atoms with E-state index in [1.165, 1.54) is 0 Å². The van der Waals surface area contributed by atoms with Crippen molar-refractivity contribution in [1.82, 2.24) is 5.32 Å². The van der Waals surface area contributed by atoms with Crippen molar-refractivity contribution >= 4 is 5.91 Å². The van der Waals surface area contributed by atoms with Gasteiger partial charge in [0.2, 0.25) is 5.91 Å². The fourth-order valence-corrected chi connectivity index (χ4v) is 2.47. The zero-order chi connectivity index (χ0) is 11.3. The number of nitrogens with one attached hydrogen (secondary N) is 1. The Morgan fingerprint density at radius 3 is 2.27 bits per heavy atom. The highest BCUT2D eigenvalue weighted by Crippen LogP contribution is 2.48. The third kappa shape index (κ3) is 1.62. The lowest BCUT2D eigenvalue weighted by Gasteiger charge is -2.39. The van der Waals surface area contributed by atoms with Crippen LogP contribution in [0, 0.1) is 28.1 Å². The standard InChI is InChI=1S/C12H18N2O/c1-8-4-12(5-8,7-13)10(15)14-9-6-11(9,2)3/h8-9H,4-6H2,1-3H3,(H,14,15). The zero-order valence-corrected chi connectivity index (χ0v) is 9.63. The van der Waals surface area contributed by atoms with Crippen molar-refractivity contribution in [2.75, 3.05) is 0 Å². The first-order valence-corrected chi connectivity index (χ1v) is 5.62. The largest absolute Gasteiger partial charge is 0.351 e. The van der Waals surface area contributed by atoms with Gasteiger partial charge in [-0.05, 0) is 30.6 Å². The normalized spacial score (nSPS) is 41.2. The van der Waals surface area contributed by atoms with Crippen molar-refractivity contribution in [2.24, 2.45) is 16.7 Å². The molecule has 82 valence electrons. The van der Waals surface area contributed by atoms with Gasteiger partial charge in [-0.1, -0.05) is 20.8 Å². The molecule has 0 saturated heterocycles. The molecule has 2 aliphatic carbocycles. The first-order chi connectivity index (χ1) is 6.89. The summed E-state index contributed by atoms with van der Waals surface area (Å²) in [5.41, 5.74) is -0.472. The van der Waals surface area contributed by atoms with E-state index in [4.69, 9.17) is 5.26 Å². The second-order valence-electron chi connectivity index (χ2n) is 5.93. The van der Waals surface area contributed by atoms with Crippen molar-refractivity contribution in [2.45, 2.75) is 46.1 Å². The highest BCUT2D eigenvalue weighted by Gasteiger charge is 2.53. The van der Waals surface area contributed by atoms with Crippen molar-refractivity contribution in [3.8, 4) is 6.07 Å². The first-order valence-electron chi connectivity index (χ1n) is 5.62. The molecular formula is C12H18N2O. The van der Waals surface area contributed by atoms with Gasteiger partial charge in [0.05, 0.1) is 6.07 Å². The molecule has 1 atom stereocenters. The van der Waals surface area contributed by atoms with Crippen LogP contribution in [0.4, 0.5) is 0 Å². The number of hydrogen-bond donors (Lipinski definition) is 1. The maximum Gasteiger partial charge on any atom is 0.240 e. The molecule has 0 aromatic rings. The number of hydrogen-bond acceptors (Lipinski definition) is 2. The van der Waals surface area contributed by atoms with E-state index in [1.807, 2.05) is 0 Å². The average molecular weight is 206 g/mol. The van der Waals surface area contributed by atoms with E-state index in [1.54, 1.807) is 0 Å². The molecule has 2 aliphatic rings. The summed E-state index contributed by atoms with van der Waals surface area (Å²) in [5.74, 6) is 0.473. The van der Waals surface area contributed by atoms with Crippen LogP contribution in [0.15, 0.2) is 0 Å². The Morgan fingerprint density at radius 2 is 1.93 bits per heavy atom. The Morgan fingerprint density at radius 1 is 1.40 bits per heavy atom. The SMILES string of the molecule is CC1CC(C#N)(C(=O)NC2CC2(C)C)C1. The summed E-state index contributed by atoms with van der Waals surface area (Å²) in [6, 6.07) is 2.48. The third-order valence-corrected chi connectivity index (χ3v) is 3.86. The Kier molecular flexibility index (Phi) is 2.08.